The van der Waals surface area contributed by atoms with E-state index in [1.54, 1.807) is 6.20 Å². The van der Waals surface area contributed by atoms with Gasteiger partial charge in [-0.1, -0.05) is 41.9 Å². The molecule has 0 fully saturated rings. The lowest BCUT2D eigenvalue weighted by molar-refractivity contribution is 0.180. The lowest BCUT2D eigenvalue weighted by Gasteiger charge is -2.28. The summed E-state index contributed by atoms with van der Waals surface area (Å²) in [6, 6.07) is 14.3. The second kappa shape index (κ2) is 7.39. The van der Waals surface area contributed by atoms with Gasteiger partial charge in [0.15, 0.2) is 0 Å². The van der Waals surface area contributed by atoms with E-state index in [2.05, 4.69) is 29.1 Å². The van der Waals surface area contributed by atoms with E-state index < -0.39 is 0 Å². The average Bonchev–Trinajstić information content (AvgIpc) is 2.45. The Morgan fingerprint density at radius 2 is 2.00 bits per heavy atom. The third-order valence-corrected chi connectivity index (χ3v) is 3.55. The minimum absolute atomic E-state index is 0.168. The number of hydrogen-bond acceptors (Lipinski definition) is 3. The van der Waals surface area contributed by atoms with Crippen molar-refractivity contribution in [1.29, 1.82) is 0 Å². The number of pyridine rings is 1. The zero-order valence-electron chi connectivity index (χ0n) is 11.5. The SMILES string of the molecule is CN(Cc1ccnc(Cl)c1)C(CCO)c1ccccc1. The van der Waals surface area contributed by atoms with Crippen LogP contribution in [-0.2, 0) is 6.54 Å². The van der Waals surface area contributed by atoms with Crippen LogP contribution in [0.25, 0.3) is 0 Å². The Hall–Kier alpha value is -1.42. The lowest BCUT2D eigenvalue weighted by Crippen LogP contribution is -2.25. The summed E-state index contributed by atoms with van der Waals surface area (Å²) in [4.78, 5) is 6.21. The Balaban J connectivity index is 2.13. The van der Waals surface area contributed by atoms with Crippen LogP contribution in [0.5, 0.6) is 0 Å². The third kappa shape index (κ3) is 4.04. The van der Waals surface area contributed by atoms with E-state index in [9.17, 15) is 5.11 Å². The highest BCUT2D eigenvalue weighted by molar-refractivity contribution is 6.29. The van der Waals surface area contributed by atoms with Crippen LogP contribution in [0.1, 0.15) is 23.6 Å². The molecule has 1 aromatic carbocycles. The minimum atomic E-state index is 0.168. The number of aliphatic hydroxyl groups excluding tert-OH is 1. The minimum Gasteiger partial charge on any atom is -0.396 e. The highest BCUT2D eigenvalue weighted by atomic mass is 35.5. The molecule has 20 heavy (non-hydrogen) atoms. The molecule has 1 atom stereocenters. The van der Waals surface area contributed by atoms with Crippen LogP contribution < -0.4 is 0 Å². The van der Waals surface area contributed by atoms with Crippen molar-refractivity contribution >= 4 is 11.6 Å². The quantitative estimate of drug-likeness (QED) is 0.830. The first kappa shape index (κ1) is 15.0. The van der Waals surface area contributed by atoms with Gasteiger partial charge in [-0.25, -0.2) is 4.98 Å². The topological polar surface area (TPSA) is 36.4 Å². The van der Waals surface area contributed by atoms with Gasteiger partial charge in [0.05, 0.1) is 0 Å². The molecular formula is C16H19ClN2O. The van der Waals surface area contributed by atoms with E-state index in [1.807, 2.05) is 30.3 Å². The highest BCUT2D eigenvalue weighted by Crippen LogP contribution is 2.24. The molecule has 4 heteroatoms. The summed E-state index contributed by atoms with van der Waals surface area (Å²) >= 11 is 5.92. The van der Waals surface area contributed by atoms with Crippen LogP contribution in [-0.4, -0.2) is 28.6 Å². The average molecular weight is 291 g/mol. The molecule has 0 saturated heterocycles. The molecule has 106 valence electrons. The molecule has 1 unspecified atom stereocenters. The van der Waals surface area contributed by atoms with E-state index in [4.69, 9.17) is 11.6 Å². The molecule has 1 aromatic heterocycles. The first-order valence-corrected chi connectivity index (χ1v) is 7.05. The normalized spacial score (nSPS) is 12.6. The highest BCUT2D eigenvalue weighted by Gasteiger charge is 2.16. The van der Waals surface area contributed by atoms with Gasteiger partial charge in [-0.05, 0) is 36.7 Å². The van der Waals surface area contributed by atoms with Crippen LogP contribution in [0.15, 0.2) is 48.7 Å². The van der Waals surface area contributed by atoms with Crippen LogP contribution >= 0.6 is 11.6 Å². The number of aliphatic hydroxyl groups is 1. The fraction of sp³-hybridized carbons (Fsp3) is 0.312. The molecule has 0 bridgehead atoms. The first-order valence-electron chi connectivity index (χ1n) is 6.67. The van der Waals surface area contributed by atoms with E-state index in [0.29, 0.717) is 11.6 Å². The van der Waals surface area contributed by atoms with Gasteiger partial charge < -0.3 is 5.11 Å². The Morgan fingerprint density at radius 1 is 1.25 bits per heavy atom. The number of benzene rings is 1. The number of nitrogens with zero attached hydrogens (tertiary/aromatic N) is 2. The third-order valence-electron chi connectivity index (χ3n) is 3.34. The Kier molecular flexibility index (Phi) is 5.53. The van der Waals surface area contributed by atoms with E-state index >= 15 is 0 Å². The van der Waals surface area contributed by atoms with Gasteiger partial charge in [-0.2, -0.15) is 0 Å². The van der Waals surface area contributed by atoms with Crippen molar-refractivity contribution in [3.63, 3.8) is 0 Å². The largest absolute Gasteiger partial charge is 0.396 e. The molecule has 0 aliphatic heterocycles. The van der Waals surface area contributed by atoms with Gasteiger partial charge in [0.1, 0.15) is 5.15 Å². The number of aromatic nitrogens is 1. The van der Waals surface area contributed by atoms with Crippen molar-refractivity contribution in [2.45, 2.75) is 19.0 Å². The monoisotopic (exact) mass is 290 g/mol. The Labute approximate surface area is 124 Å². The van der Waals surface area contributed by atoms with E-state index in [0.717, 1.165) is 12.1 Å². The molecule has 1 heterocycles. The van der Waals surface area contributed by atoms with E-state index in [-0.39, 0.29) is 12.6 Å². The van der Waals surface area contributed by atoms with Crippen molar-refractivity contribution < 1.29 is 5.11 Å². The van der Waals surface area contributed by atoms with Crippen LogP contribution in [0, 0.1) is 0 Å². The van der Waals surface area contributed by atoms with Gasteiger partial charge in [0.2, 0.25) is 0 Å². The molecule has 0 aliphatic carbocycles. The zero-order valence-corrected chi connectivity index (χ0v) is 12.3. The van der Waals surface area contributed by atoms with Crippen molar-refractivity contribution in [2.24, 2.45) is 0 Å². The second-order valence-corrected chi connectivity index (χ2v) is 5.23. The number of hydrogen-bond donors (Lipinski definition) is 1. The van der Waals surface area contributed by atoms with Gasteiger partial charge in [-0.15, -0.1) is 0 Å². The lowest BCUT2D eigenvalue weighted by atomic mass is 10.0. The Bertz CT molecular complexity index is 533. The summed E-state index contributed by atoms with van der Waals surface area (Å²) in [5.74, 6) is 0. The van der Waals surface area contributed by atoms with Crippen molar-refractivity contribution in [3.05, 3.63) is 64.9 Å². The summed E-state index contributed by atoms with van der Waals surface area (Å²) in [7, 11) is 2.06. The standard InChI is InChI=1S/C16H19ClN2O/c1-19(12-13-7-9-18-16(17)11-13)15(8-10-20)14-5-3-2-4-6-14/h2-7,9,11,15,20H,8,10,12H2,1H3. The van der Waals surface area contributed by atoms with Gasteiger partial charge >= 0.3 is 0 Å². The molecule has 0 aliphatic rings. The molecule has 0 radical (unpaired) electrons. The maximum atomic E-state index is 9.30. The number of halogens is 1. The first-order chi connectivity index (χ1) is 9.70. The van der Waals surface area contributed by atoms with Gasteiger partial charge in [0, 0.05) is 25.4 Å². The summed E-state index contributed by atoms with van der Waals surface area (Å²) in [6.07, 6.45) is 2.43. The van der Waals surface area contributed by atoms with Crippen molar-refractivity contribution in [3.8, 4) is 0 Å². The summed E-state index contributed by atoms with van der Waals surface area (Å²) in [6.45, 7) is 0.933. The second-order valence-electron chi connectivity index (χ2n) is 4.84. The molecular weight excluding hydrogens is 272 g/mol. The van der Waals surface area contributed by atoms with Gasteiger partial charge in [0.25, 0.3) is 0 Å². The number of rotatable bonds is 6. The summed E-state index contributed by atoms with van der Waals surface area (Å²) in [5.41, 5.74) is 2.33. The summed E-state index contributed by atoms with van der Waals surface area (Å²) < 4.78 is 0. The predicted molar refractivity (Wildman–Crippen MR) is 81.6 cm³/mol. The molecule has 3 nitrogen and oxygen atoms in total. The molecule has 2 rings (SSSR count). The fourth-order valence-electron chi connectivity index (χ4n) is 2.38. The fourth-order valence-corrected chi connectivity index (χ4v) is 2.57. The molecule has 0 saturated carbocycles. The van der Waals surface area contributed by atoms with Crippen molar-refractivity contribution in [1.82, 2.24) is 9.88 Å². The molecule has 0 amide bonds. The molecule has 0 spiro atoms. The smallest absolute Gasteiger partial charge is 0.129 e. The van der Waals surface area contributed by atoms with Crippen molar-refractivity contribution in [2.75, 3.05) is 13.7 Å². The zero-order chi connectivity index (χ0) is 14.4. The molecule has 2 aromatic rings. The van der Waals surface area contributed by atoms with Gasteiger partial charge in [-0.3, -0.25) is 4.90 Å². The Morgan fingerprint density at radius 3 is 2.65 bits per heavy atom. The maximum absolute atomic E-state index is 9.30. The van der Waals surface area contributed by atoms with E-state index in [1.165, 1.54) is 5.56 Å². The van der Waals surface area contributed by atoms with Crippen LogP contribution in [0.4, 0.5) is 0 Å². The molecule has 1 N–H and O–H groups in total. The summed E-state index contributed by atoms with van der Waals surface area (Å²) in [5, 5.41) is 9.81. The maximum Gasteiger partial charge on any atom is 0.129 e. The van der Waals surface area contributed by atoms with Crippen LogP contribution in [0.2, 0.25) is 5.15 Å². The predicted octanol–water partition coefficient (Wildman–Crippen LogP) is 3.29. The van der Waals surface area contributed by atoms with Crippen LogP contribution in [0.3, 0.4) is 0 Å².